The number of ether oxygens (including phenoxy) is 1. The highest BCUT2D eigenvalue weighted by atomic mass is 79.9. The zero-order valence-electron chi connectivity index (χ0n) is 10.7. The number of benzene rings is 1. The maximum absolute atomic E-state index is 13.4. The number of hydrogen-bond donors (Lipinski definition) is 1. The van der Waals surface area contributed by atoms with Gasteiger partial charge in [-0.05, 0) is 34.5 Å². The van der Waals surface area contributed by atoms with E-state index in [1.165, 1.54) is 18.5 Å². The van der Waals surface area contributed by atoms with Gasteiger partial charge >= 0.3 is 0 Å². The van der Waals surface area contributed by atoms with Gasteiger partial charge in [0.05, 0.1) is 5.02 Å². The van der Waals surface area contributed by atoms with E-state index in [9.17, 15) is 4.39 Å². The molecule has 4 nitrogen and oxygen atoms in total. The average molecular weight is 361 g/mol. The predicted molar refractivity (Wildman–Crippen MR) is 80.0 cm³/mol. The quantitative estimate of drug-likeness (QED) is 0.843. The summed E-state index contributed by atoms with van der Waals surface area (Å²) in [6.45, 7) is 2.83. The summed E-state index contributed by atoms with van der Waals surface area (Å²) in [5.41, 5.74) is 0. The Hall–Kier alpha value is -1.40. The van der Waals surface area contributed by atoms with Crippen LogP contribution in [0.2, 0.25) is 5.02 Å². The van der Waals surface area contributed by atoms with E-state index < -0.39 is 5.82 Å². The van der Waals surface area contributed by atoms with Crippen molar-refractivity contribution in [1.29, 1.82) is 0 Å². The number of rotatable bonds is 5. The molecule has 2 rings (SSSR count). The first-order chi connectivity index (χ1) is 9.61. The molecule has 0 saturated heterocycles. The zero-order valence-corrected chi connectivity index (χ0v) is 13.0. The van der Waals surface area contributed by atoms with Crippen molar-refractivity contribution < 1.29 is 9.13 Å². The van der Waals surface area contributed by atoms with E-state index in [1.807, 2.05) is 0 Å². The van der Waals surface area contributed by atoms with Crippen molar-refractivity contribution in [3.63, 3.8) is 0 Å². The van der Waals surface area contributed by atoms with E-state index in [1.54, 1.807) is 6.07 Å². The van der Waals surface area contributed by atoms with Gasteiger partial charge in [-0.3, -0.25) is 0 Å². The molecule has 0 saturated carbocycles. The molecule has 0 spiro atoms. The van der Waals surface area contributed by atoms with Crippen molar-refractivity contribution in [2.75, 3.05) is 11.9 Å². The molecule has 1 heterocycles. The van der Waals surface area contributed by atoms with Crippen LogP contribution >= 0.6 is 27.5 Å². The molecule has 1 aromatic heterocycles. The summed E-state index contributed by atoms with van der Waals surface area (Å²) in [4.78, 5) is 8.12. The highest BCUT2D eigenvalue weighted by molar-refractivity contribution is 9.10. The second kappa shape index (κ2) is 6.85. The molecule has 0 bridgehead atoms. The number of halogens is 3. The number of hydrogen-bond acceptors (Lipinski definition) is 4. The van der Waals surface area contributed by atoms with Crippen LogP contribution in [0.15, 0.2) is 29.0 Å². The van der Waals surface area contributed by atoms with Crippen molar-refractivity contribution in [3.8, 4) is 11.6 Å². The van der Waals surface area contributed by atoms with Crippen LogP contribution in [-0.4, -0.2) is 16.5 Å². The van der Waals surface area contributed by atoms with Gasteiger partial charge in [0.2, 0.25) is 5.88 Å². The predicted octanol–water partition coefficient (Wildman–Crippen LogP) is 4.65. The Morgan fingerprint density at radius 1 is 1.40 bits per heavy atom. The Labute approximate surface area is 129 Å². The van der Waals surface area contributed by atoms with Gasteiger partial charge in [-0.2, -0.15) is 0 Å². The van der Waals surface area contributed by atoms with Gasteiger partial charge in [0, 0.05) is 12.6 Å². The molecule has 2 aromatic rings. The van der Waals surface area contributed by atoms with E-state index in [0.717, 1.165) is 13.0 Å². The Balaban J connectivity index is 2.22. The summed E-state index contributed by atoms with van der Waals surface area (Å²) >= 11 is 8.99. The molecular formula is C13H12BrClFN3O. The number of aromatic nitrogens is 2. The van der Waals surface area contributed by atoms with E-state index in [-0.39, 0.29) is 5.02 Å². The number of nitrogens with zero attached hydrogens (tertiary/aromatic N) is 2. The lowest BCUT2D eigenvalue weighted by atomic mass is 10.3. The molecule has 0 atom stereocenters. The molecule has 0 amide bonds. The minimum atomic E-state index is -0.543. The largest absolute Gasteiger partial charge is 0.438 e. The summed E-state index contributed by atoms with van der Waals surface area (Å²) in [5, 5.41) is 3.18. The van der Waals surface area contributed by atoms with Crippen LogP contribution in [0.3, 0.4) is 0 Å². The molecule has 0 fully saturated rings. The SMILES string of the molecule is CCCNc1ncnc(Oc2ccc(Cl)c(F)c2)c1Br. The molecule has 0 aliphatic heterocycles. The first-order valence-corrected chi connectivity index (χ1v) is 7.16. The summed E-state index contributed by atoms with van der Waals surface area (Å²) in [7, 11) is 0. The zero-order chi connectivity index (χ0) is 14.5. The topological polar surface area (TPSA) is 47.0 Å². The molecule has 0 radical (unpaired) electrons. The molecule has 0 unspecified atom stereocenters. The molecule has 7 heteroatoms. The smallest absolute Gasteiger partial charge is 0.238 e. The fourth-order valence-corrected chi connectivity index (χ4v) is 1.99. The molecular weight excluding hydrogens is 349 g/mol. The van der Waals surface area contributed by atoms with E-state index in [4.69, 9.17) is 16.3 Å². The van der Waals surface area contributed by atoms with Gasteiger partial charge in [-0.25, -0.2) is 14.4 Å². The average Bonchev–Trinajstić information content (AvgIpc) is 2.44. The van der Waals surface area contributed by atoms with E-state index >= 15 is 0 Å². The third kappa shape index (κ3) is 3.58. The Morgan fingerprint density at radius 3 is 2.90 bits per heavy atom. The standard InChI is InChI=1S/C13H12BrClFN3O/c1-2-5-17-12-11(14)13(19-7-18-12)20-8-3-4-9(15)10(16)6-8/h3-4,6-7H,2,5H2,1H3,(H,17,18,19). The summed E-state index contributed by atoms with van der Waals surface area (Å²) in [6, 6.07) is 4.20. The summed E-state index contributed by atoms with van der Waals surface area (Å²) in [5.74, 6) is 0.707. The molecule has 1 aromatic carbocycles. The maximum atomic E-state index is 13.4. The lowest BCUT2D eigenvalue weighted by Gasteiger charge is -2.10. The third-order valence-corrected chi connectivity index (χ3v) is 3.43. The Kier molecular flexibility index (Phi) is 5.14. The molecule has 106 valence electrons. The van der Waals surface area contributed by atoms with Crippen molar-refractivity contribution in [2.24, 2.45) is 0 Å². The van der Waals surface area contributed by atoms with Gasteiger partial charge in [-0.1, -0.05) is 18.5 Å². The molecule has 20 heavy (non-hydrogen) atoms. The van der Waals surface area contributed by atoms with Gasteiger partial charge < -0.3 is 10.1 Å². The summed E-state index contributed by atoms with van der Waals surface area (Å²) in [6.07, 6.45) is 2.35. The normalized spacial score (nSPS) is 10.4. The second-order valence-electron chi connectivity index (χ2n) is 3.95. The van der Waals surface area contributed by atoms with Gasteiger partial charge in [-0.15, -0.1) is 0 Å². The monoisotopic (exact) mass is 359 g/mol. The third-order valence-electron chi connectivity index (χ3n) is 2.41. The lowest BCUT2D eigenvalue weighted by Crippen LogP contribution is -2.04. The second-order valence-corrected chi connectivity index (χ2v) is 5.15. The van der Waals surface area contributed by atoms with Crippen LogP contribution in [0, 0.1) is 5.82 Å². The van der Waals surface area contributed by atoms with Crippen LogP contribution in [0.25, 0.3) is 0 Å². The van der Waals surface area contributed by atoms with Crippen molar-refractivity contribution in [3.05, 3.63) is 39.8 Å². The fourth-order valence-electron chi connectivity index (χ4n) is 1.44. The van der Waals surface area contributed by atoms with Crippen LogP contribution < -0.4 is 10.1 Å². The first-order valence-electron chi connectivity index (χ1n) is 5.99. The summed E-state index contributed by atoms with van der Waals surface area (Å²) < 4.78 is 19.5. The van der Waals surface area contributed by atoms with E-state index in [0.29, 0.717) is 21.9 Å². The van der Waals surface area contributed by atoms with Gasteiger partial charge in [0.15, 0.2) is 0 Å². The fraction of sp³-hybridized carbons (Fsp3) is 0.231. The van der Waals surface area contributed by atoms with Crippen molar-refractivity contribution >= 4 is 33.3 Å². The minimum Gasteiger partial charge on any atom is -0.438 e. The van der Waals surface area contributed by atoms with Gasteiger partial charge in [0.25, 0.3) is 0 Å². The first kappa shape index (κ1) is 15.0. The lowest BCUT2D eigenvalue weighted by molar-refractivity contribution is 0.454. The van der Waals surface area contributed by atoms with Crippen LogP contribution in [0.4, 0.5) is 10.2 Å². The Bertz CT molecular complexity index is 612. The van der Waals surface area contributed by atoms with Crippen LogP contribution in [-0.2, 0) is 0 Å². The van der Waals surface area contributed by atoms with Crippen LogP contribution in [0.5, 0.6) is 11.6 Å². The molecule has 0 aliphatic rings. The number of nitrogens with one attached hydrogen (secondary N) is 1. The molecule has 0 aliphatic carbocycles. The maximum Gasteiger partial charge on any atom is 0.238 e. The highest BCUT2D eigenvalue weighted by Crippen LogP contribution is 2.32. The number of anilines is 1. The van der Waals surface area contributed by atoms with Crippen molar-refractivity contribution in [2.45, 2.75) is 13.3 Å². The van der Waals surface area contributed by atoms with Crippen LogP contribution in [0.1, 0.15) is 13.3 Å². The Morgan fingerprint density at radius 2 is 2.20 bits per heavy atom. The van der Waals surface area contributed by atoms with Crippen molar-refractivity contribution in [1.82, 2.24) is 9.97 Å². The minimum absolute atomic E-state index is 0.0457. The highest BCUT2D eigenvalue weighted by Gasteiger charge is 2.11. The van der Waals surface area contributed by atoms with E-state index in [2.05, 4.69) is 38.1 Å². The van der Waals surface area contributed by atoms with Gasteiger partial charge in [0.1, 0.15) is 28.2 Å². The molecule has 1 N–H and O–H groups in total.